The molecule has 100 valence electrons. The zero-order valence-electron chi connectivity index (χ0n) is 10.8. The van der Waals surface area contributed by atoms with Gasteiger partial charge in [0.15, 0.2) is 0 Å². The molecule has 1 heterocycles. The standard InChI is InChI=1S/C14H20Cl2N2/c1-2-18-6-5-11(10-18)8-17-9-12-7-13(15)3-4-14(12)16/h3-4,7,11,17H,2,5-6,8-10H2,1H3. The van der Waals surface area contributed by atoms with Crippen LogP contribution in [0.2, 0.25) is 10.0 Å². The predicted octanol–water partition coefficient (Wildman–Crippen LogP) is 3.42. The zero-order chi connectivity index (χ0) is 13.0. The molecule has 1 fully saturated rings. The molecule has 4 heteroatoms. The number of nitrogens with zero attached hydrogens (tertiary/aromatic N) is 1. The molecular weight excluding hydrogens is 267 g/mol. The number of likely N-dealkylation sites (tertiary alicyclic amines) is 1. The highest BCUT2D eigenvalue weighted by molar-refractivity contribution is 6.33. The number of hydrogen-bond acceptors (Lipinski definition) is 2. The topological polar surface area (TPSA) is 15.3 Å². The van der Waals surface area contributed by atoms with Crippen LogP contribution in [0.3, 0.4) is 0 Å². The molecule has 2 nitrogen and oxygen atoms in total. The lowest BCUT2D eigenvalue weighted by molar-refractivity contribution is 0.339. The van der Waals surface area contributed by atoms with Crippen molar-refractivity contribution in [1.82, 2.24) is 10.2 Å². The predicted molar refractivity (Wildman–Crippen MR) is 78.4 cm³/mol. The second-order valence-electron chi connectivity index (χ2n) is 4.91. The summed E-state index contributed by atoms with van der Waals surface area (Å²) in [5.74, 6) is 0.767. The Morgan fingerprint density at radius 2 is 2.22 bits per heavy atom. The molecule has 1 unspecified atom stereocenters. The SMILES string of the molecule is CCN1CCC(CNCc2cc(Cl)ccc2Cl)C1. The monoisotopic (exact) mass is 286 g/mol. The Balaban J connectivity index is 1.77. The highest BCUT2D eigenvalue weighted by Crippen LogP contribution is 2.21. The molecule has 1 saturated heterocycles. The first-order valence-corrected chi connectivity index (χ1v) is 7.31. The van der Waals surface area contributed by atoms with E-state index in [2.05, 4.69) is 17.1 Å². The molecule has 0 aromatic heterocycles. The van der Waals surface area contributed by atoms with Gasteiger partial charge in [-0.05, 0) is 55.7 Å². The fourth-order valence-electron chi connectivity index (χ4n) is 2.46. The van der Waals surface area contributed by atoms with E-state index in [9.17, 15) is 0 Å². The van der Waals surface area contributed by atoms with Crippen molar-refractivity contribution in [2.45, 2.75) is 19.9 Å². The van der Waals surface area contributed by atoms with E-state index in [1.165, 1.54) is 19.5 Å². The third kappa shape index (κ3) is 3.86. The summed E-state index contributed by atoms with van der Waals surface area (Å²) < 4.78 is 0. The molecule has 1 aliphatic rings. The Morgan fingerprint density at radius 3 is 2.94 bits per heavy atom. The minimum Gasteiger partial charge on any atom is -0.312 e. The summed E-state index contributed by atoms with van der Waals surface area (Å²) in [6, 6.07) is 5.61. The molecule has 0 radical (unpaired) electrons. The summed E-state index contributed by atoms with van der Waals surface area (Å²) >= 11 is 12.1. The summed E-state index contributed by atoms with van der Waals surface area (Å²) in [6.07, 6.45) is 1.30. The molecule has 0 saturated carbocycles. The van der Waals surface area contributed by atoms with Crippen LogP contribution in [0.4, 0.5) is 0 Å². The van der Waals surface area contributed by atoms with Crippen molar-refractivity contribution in [1.29, 1.82) is 0 Å². The first-order chi connectivity index (χ1) is 8.69. The Labute approximate surface area is 119 Å². The Kier molecular flexibility index (Phi) is 5.31. The van der Waals surface area contributed by atoms with Crippen LogP contribution in [0.1, 0.15) is 18.9 Å². The van der Waals surface area contributed by atoms with Crippen molar-refractivity contribution >= 4 is 23.2 Å². The van der Waals surface area contributed by atoms with Crippen LogP contribution in [0.25, 0.3) is 0 Å². The van der Waals surface area contributed by atoms with E-state index in [4.69, 9.17) is 23.2 Å². The quantitative estimate of drug-likeness (QED) is 0.892. The van der Waals surface area contributed by atoms with Gasteiger partial charge in [-0.2, -0.15) is 0 Å². The molecule has 2 rings (SSSR count). The molecule has 0 aliphatic carbocycles. The lowest BCUT2D eigenvalue weighted by Crippen LogP contribution is -2.26. The third-order valence-electron chi connectivity index (χ3n) is 3.57. The minimum absolute atomic E-state index is 0.745. The molecule has 0 amide bonds. The molecule has 0 bridgehead atoms. The van der Waals surface area contributed by atoms with Crippen molar-refractivity contribution in [3.63, 3.8) is 0 Å². The van der Waals surface area contributed by atoms with Crippen molar-refractivity contribution in [3.8, 4) is 0 Å². The Hall–Kier alpha value is -0.280. The second-order valence-corrected chi connectivity index (χ2v) is 5.76. The average molecular weight is 287 g/mol. The largest absolute Gasteiger partial charge is 0.312 e. The molecule has 1 aromatic carbocycles. The molecule has 1 atom stereocenters. The summed E-state index contributed by atoms with van der Waals surface area (Å²) in [4.78, 5) is 2.50. The summed E-state index contributed by atoms with van der Waals surface area (Å²) in [7, 11) is 0. The van der Waals surface area contributed by atoms with Gasteiger partial charge in [0.05, 0.1) is 0 Å². The molecular formula is C14H20Cl2N2. The van der Waals surface area contributed by atoms with E-state index in [0.29, 0.717) is 0 Å². The second kappa shape index (κ2) is 6.76. The van der Waals surface area contributed by atoms with Crippen LogP contribution in [0.15, 0.2) is 18.2 Å². The molecule has 1 aromatic rings. The summed E-state index contributed by atoms with van der Waals surface area (Å²) in [5, 5.41) is 5.02. The molecule has 18 heavy (non-hydrogen) atoms. The third-order valence-corrected chi connectivity index (χ3v) is 4.18. The van der Waals surface area contributed by atoms with Gasteiger partial charge in [0.25, 0.3) is 0 Å². The zero-order valence-corrected chi connectivity index (χ0v) is 12.3. The molecule has 0 spiro atoms. The average Bonchev–Trinajstić information content (AvgIpc) is 2.81. The Bertz CT molecular complexity index is 395. The van der Waals surface area contributed by atoms with Crippen LogP contribution in [0.5, 0.6) is 0 Å². The van der Waals surface area contributed by atoms with Crippen LogP contribution in [-0.4, -0.2) is 31.1 Å². The smallest absolute Gasteiger partial charge is 0.0451 e. The number of rotatable bonds is 5. The number of nitrogens with one attached hydrogen (secondary N) is 1. The van der Waals surface area contributed by atoms with Crippen molar-refractivity contribution in [3.05, 3.63) is 33.8 Å². The fourth-order valence-corrected chi connectivity index (χ4v) is 2.84. The first kappa shape index (κ1) is 14.1. The lowest BCUT2D eigenvalue weighted by Gasteiger charge is -2.14. The van der Waals surface area contributed by atoms with Gasteiger partial charge < -0.3 is 10.2 Å². The van der Waals surface area contributed by atoms with Crippen LogP contribution < -0.4 is 5.32 Å². The van der Waals surface area contributed by atoms with Crippen LogP contribution in [0, 0.1) is 5.92 Å². The maximum Gasteiger partial charge on any atom is 0.0451 e. The molecule has 1 aliphatic heterocycles. The minimum atomic E-state index is 0.745. The van der Waals surface area contributed by atoms with E-state index in [1.54, 1.807) is 0 Å². The van der Waals surface area contributed by atoms with Crippen LogP contribution in [-0.2, 0) is 6.54 Å². The van der Waals surface area contributed by atoms with Gasteiger partial charge in [0, 0.05) is 23.1 Å². The first-order valence-electron chi connectivity index (χ1n) is 6.56. The van der Waals surface area contributed by atoms with Gasteiger partial charge in [-0.3, -0.25) is 0 Å². The van der Waals surface area contributed by atoms with Crippen molar-refractivity contribution in [2.24, 2.45) is 5.92 Å². The highest BCUT2D eigenvalue weighted by atomic mass is 35.5. The maximum atomic E-state index is 6.13. The van der Waals surface area contributed by atoms with Crippen molar-refractivity contribution < 1.29 is 0 Å². The van der Waals surface area contributed by atoms with Gasteiger partial charge in [-0.1, -0.05) is 30.1 Å². The van der Waals surface area contributed by atoms with Gasteiger partial charge >= 0.3 is 0 Å². The van der Waals surface area contributed by atoms with Gasteiger partial charge in [-0.25, -0.2) is 0 Å². The fraction of sp³-hybridized carbons (Fsp3) is 0.571. The number of halogens is 2. The number of hydrogen-bond donors (Lipinski definition) is 1. The van der Waals surface area contributed by atoms with Gasteiger partial charge in [0.2, 0.25) is 0 Å². The van der Waals surface area contributed by atoms with E-state index >= 15 is 0 Å². The van der Waals surface area contributed by atoms with Gasteiger partial charge in [-0.15, -0.1) is 0 Å². The Morgan fingerprint density at radius 1 is 1.39 bits per heavy atom. The van der Waals surface area contributed by atoms with Gasteiger partial charge in [0.1, 0.15) is 0 Å². The van der Waals surface area contributed by atoms with Crippen molar-refractivity contribution in [2.75, 3.05) is 26.2 Å². The van der Waals surface area contributed by atoms with E-state index in [0.717, 1.165) is 41.2 Å². The van der Waals surface area contributed by atoms with Crippen LogP contribution >= 0.6 is 23.2 Å². The normalized spacial score (nSPS) is 20.5. The summed E-state index contributed by atoms with van der Waals surface area (Å²) in [6.45, 7) is 7.69. The highest BCUT2D eigenvalue weighted by Gasteiger charge is 2.20. The molecule has 1 N–H and O–H groups in total. The lowest BCUT2D eigenvalue weighted by atomic mass is 10.1. The van der Waals surface area contributed by atoms with E-state index in [1.807, 2.05) is 18.2 Å². The summed E-state index contributed by atoms with van der Waals surface area (Å²) in [5.41, 5.74) is 1.08. The van der Waals surface area contributed by atoms with E-state index in [-0.39, 0.29) is 0 Å². The maximum absolute atomic E-state index is 6.13. The van der Waals surface area contributed by atoms with E-state index < -0.39 is 0 Å². The number of benzene rings is 1.